The van der Waals surface area contributed by atoms with Crippen LogP contribution in [0.5, 0.6) is 0 Å². The summed E-state index contributed by atoms with van der Waals surface area (Å²) in [5.74, 6) is 0. The number of anilines is 3. The van der Waals surface area contributed by atoms with Crippen molar-refractivity contribution in [2.45, 2.75) is 19.3 Å². The van der Waals surface area contributed by atoms with Crippen molar-refractivity contribution in [1.82, 2.24) is 0 Å². The van der Waals surface area contributed by atoms with Crippen LogP contribution in [0, 0.1) is 0 Å². The Balaban J connectivity index is 1.23. The Morgan fingerprint density at radius 1 is 0.418 bits per heavy atom. The fourth-order valence-electron chi connectivity index (χ4n) is 9.15. The van der Waals surface area contributed by atoms with E-state index in [9.17, 15) is 0 Å². The molecule has 2 heteroatoms. The molecular weight excluding hydrogens is 667 g/mol. The molecule has 0 saturated heterocycles. The molecule has 9 aromatic carbocycles. The normalized spacial score (nSPS) is 13.1. The van der Waals surface area contributed by atoms with Gasteiger partial charge in [0.25, 0.3) is 0 Å². The molecular formula is C53H37NO. The summed E-state index contributed by atoms with van der Waals surface area (Å²) in [6.45, 7) is 4.74. The first-order chi connectivity index (χ1) is 27.0. The number of hydrogen-bond acceptors (Lipinski definition) is 2. The number of furan rings is 1. The van der Waals surface area contributed by atoms with Gasteiger partial charge in [0.1, 0.15) is 11.2 Å². The molecule has 260 valence electrons. The minimum absolute atomic E-state index is 0.196. The highest BCUT2D eigenvalue weighted by Gasteiger charge is 2.38. The van der Waals surface area contributed by atoms with E-state index in [4.69, 9.17) is 4.42 Å². The van der Waals surface area contributed by atoms with Gasteiger partial charge in [-0.25, -0.2) is 0 Å². The van der Waals surface area contributed by atoms with E-state index >= 15 is 0 Å². The summed E-state index contributed by atoms with van der Waals surface area (Å²) in [7, 11) is 0. The second-order valence-corrected chi connectivity index (χ2v) is 15.3. The quantitative estimate of drug-likeness (QED) is 0.166. The summed E-state index contributed by atoms with van der Waals surface area (Å²) >= 11 is 0. The van der Waals surface area contributed by atoms with Crippen LogP contribution in [-0.4, -0.2) is 0 Å². The van der Waals surface area contributed by atoms with E-state index < -0.39 is 0 Å². The molecule has 1 aromatic heterocycles. The highest BCUT2D eigenvalue weighted by atomic mass is 16.3. The second kappa shape index (κ2) is 12.1. The average Bonchev–Trinajstić information content (AvgIpc) is 3.73. The van der Waals surface area contributed by atoms with Crippen molar-refractivity contribution in [3.63, 3.8) is 0 Å². The third kappa shape index (κ3) is 4.88. The van der Waals surface area contributed by atoms with Crippen molar-refractivity contribution in [2.24, 2.45) is 0 Å². The zero-order valence-electron chi connectivity index (χ0n) is 30.8. The molecule has 0 aliphatic heterocycles. The molecule has 0 amide bonds. The van der Waals surface area contributed by atoms with Crippen LogP contribution < -0.4 is 4.90 Å². The van der Waals surface area contributed by atoms with Crippen LogP contribution in [0.2, 0.25) is 0 Å². The van der Waals surface area contributed by atoms with Gasteiger partial charge in [-0.2, -0.15) is 0 Å². The highest BCUT2D eigenvalue weighted by molar-refractivity contribution is 6.15. The average molecular weight is 704 g/mol. The van der Waals surface area contributed by atoms with E-state index in [0.29, 0.717) is 0 Å². The van der Waals surface area contributed by atoms with Crippen molar-refractivity contribution in [2.75, 3.05) is 4.90 Å². The summed E-state index contributed by atoms with van der Waals surface area (Å²) in [6.07, 6.45) is 0. The number of benzene rings is 9. The van der Waals surface area contributed by atoms with Crippen LogP contribution in [0.1, 0.15) is 25.0 Å². The van der Waals surface area contributed by atoms with Gasteiger partial charge >= 0.3 is 0 Å². The van der Waals surface area contributed by atoms with Gasteiger partial charge in [-0.05, 0) is 115 Å². The van der Waals surface area contributed by atoms with Gasteiger partial charge in [0.15, 0.2) is 0 Å². The largest absolute Gasteiger partial charge is 0.456 e. The van der Waals surface area contributed by atoms with E-state index in [1.54, 1.807) is 0 Å². The molecule has 10 aromatic rings. The third-order valence-corrected chi connectivity index (χ3v) is 11.8. The van der Waals surface area contributed by atoms with E-state index in [1.165, 1.54) is 60.5 Å². The minimum atomic E-state index is -0.196. The lowest BCUT2D eigenvalue weighted by Crippen LogP contribution is -2.17. The molecule has 1 aliphatic rings. The third-order valence-electron chi connectivity index (χ3n) is 11.8. The first-order valence-corrected chi connectivity index (χ1v) is 19.1. The Kier molecular flexibility index (Phi) is 6.93. The van der Waals surface area contributed by atoms with E-state index in [0.717, 1.165) is 44.6 Å². The van der Waals surface area contributed by atoms with Gasteiger partial charge in [-0.15, -0.1) is 0 Å². The monoisotopic (exact) mass is 703 g/mol. The highest BCUT2D eigenvalue weighted by Crippen LogP contribution is 2.55. The SMILES string of the molecule is CC1(C)c2ccccc2-c2c(-c3ccccc3)cc(N(c3ccc4c(ccc5ccccc54)c3)c3cccc4oc5ccc(-c6ccccc6)cc5c34)cc21. The molecule has 0 unspecified atom stereocenters. The molecule has 1 aliphatic carbocycles. The Bertz CT molecular complexity index is 3120. The second-order valence-electron chi connectivity index (χ2n) is 15.3. The zero-order valence-corrected chi connectivity index (χ0v) is 30.8. The van der Waals surface area contributed by atoms with Crippen LogP contribution in [0.4, 0.5) is 17.1 Å². The molecule has 55 heavy (non-hydrogen) atoms. The van der Waals surface area contributed by atoms with Crippen molar-refractivity contribution in [3.8, 4) is 33.4 Å². The summed E-state index contributed by atoms with van der Waals surface area (Å²) < 4.78 is 6.64. The van der Waals surface area contributed by atoms with Gasteiger partial charge in [0.05, 0.1) is 11.1 Å². The summed E-state index contributed by atoms with van der Waals surface area (Å²) in [5.41, 5.74) is 14.9. The molecule has 0 fully saturated rings. The number of nitrogens with zero attached hydrogens (tertiary/aromatic N) is 1. The predicted octanol–water partition coefficient (Wildman–Crippen LogP) is 15.0. The van der Waals surface area contributed by atoms with Crippen LogP contribution in [-0.2, 0) is 5.41 Å². The fraction of sp³-hybridized carbons (Fsp3) is 0.0566. The zero-order chi connectivity index (χ0) is 36.7. The van der Waals surface area contributed by atoms with Gasteiger partial charge in [-0.1, -0.05) is 153 Å². The van der Waals surface area contributed by atoms with Crippen molar-refractivity contribution in [1.29, 1.82) is 0 Å². The predicted molar refractivity (Wildman–Crippen MR) is 232 cm³/mol. The van der Waals surface area contributed by atoms with Crippen molar-refractivity contribution in [3.05, 3.63) is 199 Å². The molecule has 0 N–H and O–H groups in total. The molecule has 0 saturated carbocycles. The van der Waals surface area contributed by atoms with Gasteiger partial charge in [-0.3, -0.25) is 0 Å². The lowest BCUT2D eigenvalue weighted by atomic mass is 9.81. The Morgan fingerprint density at radius 3 is 2.00 bits per heavy atom. The standard InChI is InChI=1S/C53H37NO/c1-53(2)46-21-12-11-20-43(46)51-44(35-16-7-4-8-17-35)32-40(33-47(51)53)54(39-27-28-42-38(30-39)25-24-36-18-9-10-19-41(36)42)48-22-13-23-50-52(48)45-31-37(26-29-49(45)55-50)34-14-5-3-6-15-34/h3-33H,1-2H3. The van der Waals surface area contributed by atoms with Crippen LogP contribution in [0.15, 0.2) is 192 Å². The topological polar surface area (TPSA) is 16.4 Å². The molecule has 11 rings (SSSR count). The van der Waals surface area contributed by atoms with E-state index in [2.05, 4.69) is 207 Å². The van der Waals surface area contributed by atoms with Crippen LogP contribution in [0.3, 0.4) is 0 Å². The number of rotatable bonds is 5. The van der Waals surface area contributed by atoms with E-state index in [-0.39, 0.29) is 5.41 Å². The van der Waals surface area contributed by atoms with E-state index in [1.807, 2.05) is 0 Å². The Hall–Kier alpha value is -6.90. The van der Waals surface area contributed by atoms with Crippen LogP contribution >= 0.6 is 0 Å². The molecule has 0 radical (unpaired) electrons. The number of hydrogen-bond donors (Lipinski definition) is 0. The lowest BCUT2D eigenvalue weighted by molar-refractivity contribution is 0.660. The van der Waals surface area contributed by atoms with Crippen LogP contribution in [0.25, 0.3) is 76.9 Å². The smallest absolute Gasteiger partial charge is 0.137 e. The first-order valence-electron chi connectivity index (χ1n) is 19.1. The van der Waals surface area contributed by atoms with Gasteiger partial charge in [0.2, 0.25) is 0 Å². The lowest BCUT2D eigenvalue weighted by Gasteiger charge is -2.30. The fourth-order valence-corrected chi connectivity index (χ4v) is 9.15. The first kappa shape index (κ1) is 31.6. The van der Waals surface area contributed by atoms with Gasteiger partial charge < -0.3 is 9.32 Å². The summed E-state index contributed by atoms with van der Waals surface area (Å²) in [5, 5.41) is 7.15. The summed E-state index contributed by atoms with van der Waals surface area (Å²) in [4.78, 5) is 2.47. The Morgan fingerprint density at radius 2 is 1.15 bits per heavy atom. The van der Waals surface area contributed by atoms with Crippen molar-refractivity contribution < 1.29 is 4.42 Å². The maximum absolute atomic E-state index is 6.64. The molecule has 2 nitrogen and oxygen atoms in total. The summed E-state index contributed by atoms with van der Waals surface area (Å²) in [6, 6.07) is 68.5. The molecule has 0 bridgehead atoms. The molecule has 0 spiro atoms. The van der Waals surface area contributed by atoms with Gasteiger partial charge in [0, 0.05) is 22.2 Å². The molecule has 0 atom stereocenters. The number of fused-ring (bicyclic) bond motifs is 9. The maximum Gasteiger partial charge on any atom is 0.137 e. The maximum atomic E-state index is 6.64. The Labute approximate surface area is 320 Å². The molecule has 1 heterocycles. The van der Waals surface area contributed by atoms with Crippen molar-refractivity contribution >= 4 is 60.5 Å². The minimum Gasteiger partial charge on any atom is -0.456 e.